The molecular formula is C17H22N2O3S. The SMILES string of the molecule is COC(=O)[C@H]1CN([C@@H](C)Cc2nc3ccccc3s2)C[C@@H](C)O1. The van der Waals surface area contributed by atoms with E-state index in [0.29, 0.717) is 12.6 Å². The fourth-order valence-corrected chi connectivity index (χ4v) is 4.08. The molecule has 1 aromatic carbocycles. The Morgan fingerprint density at radius 2 is 2.26 bits per heavy atom. The van der Waals surface area contributed by atoms with Crippen LogP contribution >= 0.6 is 11.3 Å². The zero-order chi connectivity index (χ0) is 16.4. The number of aromatic nitrogens is 1. The standard InChI is InChI=1S/C17H22N2O3S/c1-11(8-16-18-13-6-4-5-7-15(13)23-16)19-9-12(2)22-14(10-19)17(20)21-3/h4-7,11-12,14H,8-10H2,1-3H3/t11-,12+,14+/m0/s1. The highest BCUT2D eigenvalue weighted by Gasteiger charge is 2.33. The number of ether oxygens (including phenoxy) is 2. The molecule has 6 heteroatoms. The molecule has 2 heterocycles. The summed E-state index contributed by atoms with van der Waals surface area (Å²) in [7, 11) is 1.40. The van der Waals surface area contributed by atoms with E-state index in [-0.39, 0.29) is 12.1 Å². The first-order valence-electron chi connectivity index (χ1n) is 7.88. The molecule has 23 heavy (non-hydrogen) atoms. The van der Waals surface area contributed by atoms with Gasteiger partial charge in [0.1, 0.15) is 0 Å². The Morgan fingerprint density at radius 3 is 3.00 bits per heavy atom. The van der Waals surface area contributed by atoms with Gasteiger partial charge in [-0.1, -0.05) is 12.1 Å². The van der Waals surface area contributed by atoms with Crippen molar-refractivity contribution in [3.63, 3.8) is 0 Å². The first-order chi connectivity index (χ1) is 11.1. The highest BCUT2D eigenvalue weighted by Crippen LogP contribution is 2.24. The minimum Gasteiger partial charge on any atom is -0.467 e. The number of thiazole rings is 1. The molecule has 0 amide bonds. The lowest BCUT2D eigenvalue weighted by Gasteiger charge is -2.38. The van der Waals surface area contributed by atoms with Gasteiger partial charge in [-0.15, -0.1) is 11.3 Å². The van der Waals surface area contributed by atoms with Crippen molar-refractivity contribution in [1.29, 1.82) is 0 Å². The van der Waals surface area contributed by atoms with Crippen molar-refractivity contribution in [3.05, 3.63) is 29.3 Å². The summed E-state index contributed by atoms with van der Waals surface area (Å²) in [5, 5.41) is 1.13. The van der Waals surface area contributed by atoms with Crippen LogP contribution in [-0.2, 0) is 20.7 Å². The molecule has 1 aliphatic heterocycles. The van der Waals surface area contributed by atoms with Crippen molar-refractivity contribution in [1.82, 2.24) is 9.88 Å². The van der Waals surface area contributed by atoms with E-state index < -0.39 is 6.10 Å². The van der Waals surface area contributed by atoms with Gasteiger partial charge in [0.15, 0.2) is 6.10 Å². The highest BCUT2D eigenvalue weighted by atomic mass is 32.1. The second kappa shape index (κ2) is 6.95. The molecule has 1 aliphatic rings. The minimum absolute atomic E-state index is 0.0191. The second-order valence-electron chi connectivity index (χ2n) is 6.04. The first-order valence-corrected chi connectivity index (χ1v) is 8.70. The van der Waals surface area contributed by atoms with Crippen molar-refractivity contribution in [2.45, 2.75) is 38.5 Å². The van der Waals surface area contributed by atoms with E-state index in [4.69, 9.17) is 14.5 Å². The van der Waals surface area contributed by atoms with E-state index in [2.05, 4.69) is 17.9 Å². The van der Waals surface area contributed by atoms with Crippen LogP contribution in [0.4, 0.5) is 0 Å². The van der Waals surface area contributed by atoms with Gasteiger partial charge in [-0.3, -0.25) is 4.90 Å². The third kappa shape index (κ3) is 3.71. The molecule has 124 valence electrons. The topological polar surface area (TPSA) is 51.7 Å². The number of carbonyl (C=O) groups excluding carboxylic acids is 1. The molecule has 0 spiro atoms. The summed E-state index contributed by atoms with van der Waals surface area (Å²) >= 11 is 1.74. The van der Waals surface area contributed by atoms with Crippen LogP contribution in [0.2, 0.25) is 0 Å². The van der Waals surface area contributed by atoms with Gasteiger partial charge in [-0.05, 0) is 26.0 Å². The molecule has 0 N–H and O–H groups in total. The normalized spacial score (nSPS) is 23.8. The van der Waals surface area contributed by atoms with Crippen LogP contribution in [0.1, 0.15) is 18.9 Å². The van der Waals surface area contributed by atoms with Gasteiger partial charge in [0, 0.05) is 25.6 Å². The predicted octanol–water partition coefficient (Wildman–Crippen LogP) is 2.49. The highest BCUT2D eigenvalue weighted by molar-refractivity contribution is 7.18. The molecule has 0 bridgehead atoms. The lowest BCUT2D eigenvalue weighted by Crippen LogP contribution is -2.53. The van der Waals surface area contributed by atoms with E-state index in [1.807, 2.05) is 25.1 Å². The number of morpholine rings is 1. The first kappa shape index (κ1) is 16.4. The van der Waals surface area contributed by atoms with Crippen molar-refractivity contribution < 1.29 is 14.3 Å². The fraction of sp³-hybridized carbons (Fsp3) is 0.529. The molecule has 2 aromatic rings. The minimum atomic E-state index is -0.499. The molecular weight excluding hydrogens is 312 g/mol. The van der Waals surface area contributed by atoms with Gasteiger partial charge >= 0.3 is 5.97 Å². The number of nitrogens with zero attached hydrogens (tertiary/aromatic N) is 2. The summed E-state index contributed by atoms with van der Waals surface area (Å²) in [5.74, 6) is -0.297. The summed E-state index contributed by atoms with van der Waals surface area (Å²) in [5.41, 5.74) is 1.06. The number of carbonyl (C=O) groups is 1. The van der Waals surface area contributed by atoms with Crippen molar-refractivity contribution in [2.24, 2.45) is 0 Å². The van der Waals surface area contributed by atoms with Gasteiger partial charge < -0.3 is 9.47 Å². The number of hydrogen-bond donors (Lipinski definition) is 0. The number of para-hydroxylation sites is 1. The maximum Gasteiger partial charge on any atom is 0.336 e. The lowest BCUT2D eigenvalue weighted by molar-refractivity contribution is -0.167. The number of fused-ring (bicyclic) bond motifs is 1. The van der Waals surface area contributed by atoms with Crippen molar-refractivity contribution in [2.75, 3.05) is 20.2 Å². The van der Waals surface area contributed by atoms with E-state index in [1.165, 1.54) is 11.8 Å². The van der Waals surface area contributed by atoms with Crippen LogP contribution in [0.5, 0.6) is 0 Å². The predicted molar refractivity (Wildman–Crippen MR) is 90.7 cm³/mol. The van der Waals surface area contributed by atoms with Gasteiger partial charge in [0.2, 0.25) is 0 Å². The Kier molecular flexibility index (Phi) is 4.94. The van der Waals surface area contributed by atoms with Crippen LogP contribution in [0.15, 0.2) is 24.3 Å². The van der Waals surface area contributed by atoms with Gasteiger partial charge in [-0.25, -0.2) is 9.78 Å². The fourth-order valence-electron chi connectivity index (χ4n) is 2.99. The molecule has 0 radical (unpaired) electrons. The smallest absolute Gasteiger partial charge is 0.336 e. The Hall–Kier alpha value is -1.50. The average Bonchev–Trinajstić information content (AvgIpc) is 2.95. The lowest BCUT2D eigenvalue weighted by atomic mass is 10.1. The second-order valence-corrected chi connectivity index (χ2v) is 7.16. The molecule has 5 nitrogen and oxygen atoms in total. The van der Waals surface area contributed by atoms with Crippen molar-refractivity contribution >= 4 is 27.5 Å². The number of hydrogen-bond acceptors (Lipinski definition) is 6. The molecule has 0 aliphatic carbocycles. The summed E-state index contributed by atoms with van der Waals surface area (Å²) in [6.45, 7) is 5.56. The molecule has 1 aromatic heterocycles. The average molecular weight is 334 g/mol. The van der Waals surface area contributed by atoms with E-state index >= 15 is 0 Å². The zero-order valence-corrected chi connectivity index (χ0v) is 14.5. The maximum absolute atomic E-state index is 11.8. The van der Waals surface area contributed by atoms with Crippen LogP contribution in [0.25, 0.3) is 10.2 Å². The summed E-state index contributed by atoms with van der Waals surface area (Å²) in [6, 6.07) is 8.50. The monoisotopic (exact) mass is 334 g/mol. The summed E-state index contributed by atoms with van der Waals surface area (Å²) in [6.07, 6.45) is 0.396. The third-order valence-corrected chi connectivity index (χ3v) is 5.24. The van der Waals surface area contributed by atoms with Gasteiger partial charge in [0.25, 0.3) is 0 Å². The molecule has 3 rings (SSSR count). The van der Waals surface area contributed by atoms with E-state index in [0.717, 1.165) is 23.5 Å². The molecule has 1 fully saturated rings. The van der Waals surface area contributed by atoms with Gasteiger partial charge in [0.05, 0.1) is 28.4 Å². The molecule has 0 unspecified atom stereocenters. The van der Waals surface area contributed by atoms with Crippen LogP contribution in [0.3, 0.4) is 0 Å². The van der Waals surface area contributed by atoms with E-state index in [1.54, 1.807) is 11.3 Å². The Morgan fingerprint density at radius 1 is 1.48 bits per heavy atom. The maximum atomic E-state index is 11.8. The van der Waals surface area contributed by atoms with E-state index in [9.17, 15) is 4.79 Å². The van der Waals surface area contributed by atoms with Crippen LogP contribution < -0.4 is 0 Å². The third-order valence-electron chi connectivity index (χ3n) is 4.18. The van der Waals surface area contributed by atoms with Gasteiger partial charge in [-0.2, -0.15) is 0 Å². The number of benzene rings is 1. The number of rotatable bonds is 4. The van der Waals surface area contributed by atoms with Crippen molar-refractivity contribution in [3.8, 4) is 0 Å². The summed E-state index contributed by atoms with van der Waals surface area (Å²) in [4.78, 5) is 18.8. The Bertz CT molecular complexity index is 654. The molecule has 1 saturated heterocycles. The van der Waals surface area contributed by atoms with Crippen LogP contribution in [-0.4, -0.2) is 54.3 Å². The quantitative estimate of drug-likeness (QED) is 0.804. The zero-order valence-electron chi connectivity index (χ0n) is 13.7. The Balaban J connectivity index is 1.69. The Labute approximate surface area is 140 Å². The molecule has 3 atom stereocenters. The van der Waals surface area contributed by atoms with Crippen LogP contribution in [0, 0.1) is 0 Å². The largest absolute Gasteiger partial charge is 0.467 e. The number of esters is 1. The molecule has 0 saturated carbocycles. The summed E-state index contributed by atoms with van der Waals surface area (Å²) < 4.78 is 11.7. The number of methoxy groups -OCH3 is 1.